The first kappa shape index (κ1) is 18.9. The number of hydrogen-bond acceptors (Lipinski definition) is 4. The normalized spacial score (nSPS) is 11.0. The van der Waals surface area contributed by atoms with Gasteiger partial charge in [0.2, 0.25) is 0 Å². The van der Waals surface area contributed by atoms with Crippen LogP contribution in [0.25, 0.3) is 27.7 Å². The highest BCUT2D eigenvalue weighted by atomic mass is 16.5. The van der Waals surface area contributed by atoms with Gasteiger partial charge in [0.25, 0.3) is 0 Å². The van der Waals surface area contributed by atoms with E-state index in [4.69, 9.17) is 10.5 Å². The number of aryl methyl sites for hydroxylation is 2. The van der Waals surface area contributed by atoms with Crippen molar-refractivity contribution < 1.29 is 4.74 Å². The highest BCUT2D eigenvalue weighted by Crippen LogP contribution is 2.34. The van der Waals surface area contributed by atoms with Crippen LogP contribution in [-0.4, -0.2) is 14.8 Å². The SMILES string of the molecule is Cc1cc(C)cc(-n2nc(N)c3c(-c4ccc(Oc5ccccc5)cc4)cncc32)c1. The van der Waals surface area contributed by atoms with Crippen LogP contribution in [-0.2, 0) is 0 Å². The fourth-order valence-electron chi connectivity index (χ4n) is 3.91. The number of fused-ring (bicyclic) bond motifs is 1. The van der Waals surface area contributed by atoms with Gasteiger partial charge in [-0.05, 0) is 66.9 Å². The largest absolute Gasteiger partial charge is 0.457 e. The van der Waals surface area contributed by atoms with E-state index in [-0.39, 0.29) is 0 Å². The Morgan fingerprint density at radius 2 is 1.48 bits per heavy atom. The van der Waals surface area contributed by atoms with Crippen LogP contribution in [0.5, 0.6) is 11.5 Å². The molecule has 0 unspecified atom stereocenters. The minimum absolute atomic E-state index is 0.483. The third-order valence-electron chi connectivity index (χ3n) is 5.21. The van der Waals surface area contributed by atoms with E-state index in [0.29, 0.717) is 5.82 Å². The number of benzene rings is 3. The number of para-hydroxylation sites is 1. The number of nitrogens with zero attached hydrogens (tertiary/aromatic N) is 3. The maximum Gasteiger partial charge on any atom is 0.154 e. The molecule has 2 heterocycles. The summed E-state index contributed by atoms with van der Waals surface area (Å²) < 4.78 is 7.78. The number of aromatic nitrogens is 3. The maximum absolute atomic E-state index is 6.38. The highest BCUT2D eigenvalue weighted by Gasteiger charge is 2.16. The van der Waals surface area contributed by atoms with Crippen molar-refractivity contribution in [3.8, 4) is 28.3 Å². The van der Waals surface area contributed by atoms with Gasteiger partial charge in [-0.15, -0.1) is 5.10 Å². The summed E-state index contributed by atoms with van der Waals surface area (Å²) in [6.45, 7) is 4.16. The van der Waals surface area contributed by atoms with Crippen molar-refractivity contribution in [1.82, 2.24) is 14.8 Å². The number of nitrogens with two attached hydrogens (primary N) is 1. The number of anilines is 1. The number of pyridine rings is 1. The molecule has 0 aliphatic carbocycles. The second-order valence-corrected chi connectivity index (χ2v) is 7.66. The maximum atomic E-state index is 6.38. The average molecular weight is 406 g/mol. The Morgan fingerprint density at radius 1 is 0.806 bits per heavy atom. The predicted molar refractivity (Wildman–Crippen MR) is 125 cm³/mol. The molecule has 0 aliphatic rings. The van der Waals surface area contributed by atoms with Crippen LogP contribution in [0.1, 0.15) is 11.1 Å². The Balaban J connectivity index is 1.56. The molecule has 0 amide bonds. The predicted octanol–water partition coefficient (Wildman–Crippen LogP) is 6.08. The van der Waals surface area contributed by atoms with E-state index < -0.39 is 0 Å². The summed E-state index contributed by atoms with van der Waals surface area (Å²) in [5.41, 5.74) is 12.5. The molecule has 0 bridgehead atoms. The Morgan fingerprint density at radius 3 is 2.19 bits per heavy atom. The van der Waals surface area contributed by atoms with Crippen LogP contribution >= 0.6 is 0 Å². The van der Waals surface area contributed by atoms with Crippen molar-refractivity contribution in [2.75, 3.05) is 5.73 Å². The van der Waals surface area contributed by atoms with Crippen LogP contribution in [0.2, 0.25) is 0 Å². The van der Waals surface area contributed by atoms with Crippen molar-refractivity contribution in [3.05, 3.63) is 96.3 Å². The van der Waals surface area contributed by atoms with Crippen molar-refractivity contribution in [3.63, 3.8) is 0 Å². The van der Waals surface area contributed by atoms with Gasteiger partial charge in [-0.3, -0.25) is 4.98 Å². The molecule has 0 atom stereocenters. The summed E-state index contributed by atoms with van der Waals surface area (Å²) in [7, 11) is 0. The van der Waals surface area contributed by atoms with Crippen molar-refractivity contribution in [2.24, 2.45) is 0 Å². The minimum Gasteiger partial charge on any atom is -0.457 e. The van der Waals surface area contributed by atoms with Crippen LogP contribution in [0.3, 0.4) is 0 Å². The van der Waals surface area contributed by atoms with Gasteiger partial charge in [0.15, 0.2) is 5.82 Å². The zero-order valence-electron chi connectivity index (χ0n) is 17.4. The molecule has 5 aromatic rings. The van der Waals surface area contributed by atoms with Gasteiger partial charge < -0.3 is 10.5 Å². The molecule has 3 aromatic carbocycles. The van der Waals surface area contributed by atoms with E-state index in [1.54, 1.807) is 0 Å². The van der Waals surface area contributed by atoms with Gasteiger partial charge in [-0.25, -0.2) is 4.68 Å². The molecule has 2 N–H and O–H groups in total. The molecule has 0 radical (unpaired) electrons. The quantitative estimate of drug-likeness (QED) is 0.393. The molecule has 5 heteroatoms. The smallest absolute Gasteiger partial charge is 0.154 e. The summed E-state index contributed by atoms with van der Waals surface area (Å²) in [4.78, 5) is 4.48. The zero-order valence-corrected chi connectivity index (χ0v) is 17.4. The van der Waals surface area contributed by atoms with Crippen molar-refractivity contribution >= 4 is 16.7 Å². The van der Waals surface area contributed by atoms with E-state index in [2.05, 4.69) is 42.1 Å². The highest BCUT2D eigenvalue weighted by molar-refractivity contribution is 6.01. The van der Waals surface area contributed by atoms with Crippen molar-refractivity contribution in [1.29, 1.82) is 0 Å². The summed E-state index contributed by atoms with van der Waals surface area (Å²) in [5, 5.41) is 5.53. The third kappa shape index (κ3) is 3.62. The molecule has 5 rings (SSSR count). The molecular formula is C26H22N4O. The lowest BCUT2D eigenvalue weighted by molar-refractivity contribution is 0.483. The topological polar surface area (TPSA) is 66.0 Å². The molecule has 31 heavy (non-hydrogen) atoms. The van der Waals surface area contributed by atoms with Gasteiger partial charge >= 0.3 is 0 Å². The Bertz CT molecular complexity index is 1350. The Labute approximate surface area is 180 Å². The molecule has 0 saturated heterocycles. The van der Waals surface area contributed by atoms with Gasteiger partial charge in [-0.2, -0.15) is 0 Å². The molecular weight excluding hydrogens is 384 g/mol. The van der Waals surface area contributed by atoms with Crippen LogP contribution < -0.4 is 10.5 Å². The summed E-state index contributed by atoms with van der Waals surface area (Å²) in [6.07, 6.45) is 3.64. The molecule has 0 aliphatic heterocycles. The van der Waals surface area contributed by atoms with E-state index in [9.17, 15) is 0 Å². The van der Waals surface area contributed by atoms with Gasteiger partial charge in [-0.1, -0.05) is 36.4 Å². The van der Waals surface area contributed by atoms with Gasteiger partial charge in [0.05, 0.1) is 22.8 Å². The third-order valence-corrected chi connectivity index (χ3v) is 5.21. The fourth-order valence-corrected chi connectivity index (χ4v) is 3.91. The lowest BCUT2D eigenvalue weighted by Crippen LogP contribution is -1.98. The zero-order chi connectivity index (χ0) is 21.4. The lowest BCUT2D eigenvalue weighted by Gasteiger charge is -2.09. The molecule has 0 fully saturated rings. The first-order chi connectivity index (χ1) is 15.1. The van der Waals surface area contributed by atoms with Crippen LogP contribution in [0.4, 0.5) is 5.82 Å². The van der Waals surface area contributed by atoms with E-state index >= 15 is 0 Å². The summed E-state index contributed by atoms with van der Waals surface area (Å²) >= 11 is 0. The van der Waals surface area contributed by atoms with Gasteiger partial charge in [0.1, 0.15) is 11.5 Å². The molecule has 0 spiro atoms. The fraction of sp³-hybridized carbons (Fsp3) is 0.0769. The number of ether oxygens (including phenoxy) is 1. The van der Waals surface area contributed by atoms with E-state index in [0.717, 1.165) is 39.2 Å². The Kier molecular flexibility index (Phi) is 4.64. The van der Waals surface area contributed by atoms with E-state index in [1.807, 2.05) is 71.7 Å². The number of nitrogen functional groups attached to an aromatic ring is 1. The standard InChI is InChI=1S/C26H22N4O/c1-17-12-18(2)14-20(13-17)30-24-16-28-15-23(25(24)26(27)29-30)19-8-10-22(11-9-19)31-21-6-4-3-5-7-21/h3-16H,1-2H3,(H2,27,29). The molecule has 0 saturated carbocycles. The monoisotopic (exact) mass is 406 g/mol. The first-order valence-corrected chi connectivity index (χ1v) is 10.1. The van der Waals surface area contributed by atoms with Crippen molar-refractivity contribution in [2.45, 2.75) is 13.8 Å². The van der Waals surface area contributed by atoms with Gasteiger partial charge in [0, 0.05) is 11.8 Å². The molecule has 152 valence electrons. The first-order valence-electron chi connectivity index (χ1n) is 10.1. The van der Waals surface area contributed by atoms with Crippen LogP contribution in [0.15, 0.2) is 85.2 Å². The second kappa shape index (κ2) is 7.61. The number of hydrogen-bond donors (Lipinski definition) is 1. The Hall–Kier alpha value is -4.12. The second-order valence-electron chi connectivity index (χ2n) is 7.66. The molecule has 2 aromatic heterocycles. The number of rotatable bonds is 4. The lowest BCUT2D eigenvalue weighted by atomic mass is 10.0. The average Bonchev–Trinajstić information content (AvgIpc) is 3.11. The van der Waals surface area contributed by atoms with E-state index in [1.165, 1.54) is 11.1 Å². The summed E-state index contributed by atoms with van der Waals surface area (Å²) in [6, 6.07) is 24.0. The minimum atomic E-state index is 0.483. The molecule has 5 nitrogen and oxygen atoms in total. The van der Waals surface area contributed by atoms with Crippen LogP contribution in [0, 0.1) is 13.8 Å². The summed E-state index contributed by atoms with van der Waals surface area (Å²) in [5.74, 6) is 2.06.